The van der Waals surface area contributed by atoms with Crippen LogP contribution in [0.1, 0.15) is 40.2 Å². The summed E-state index contributed by atoms with van der Waals surface area (Å²) in [5.41, 5.74) is 0.537. The van der Waals surface area contributed by atoms with Gasteiger partial charge in [-0.3, -0.25) is 4.98 Å². The Hall–Kier alpha value is -1.62. The van der Waals surface area contributed by atoms with Crippen LogP contribution >= 0.6 is 0 Å². The molecule has 5 heteroatoms. The summed E-state index contributed by atoms with van der Waals surface area (Å²) in [5.74, 6) is 0. The maximum atomic E-state index is 11.3. The number of carbonyl (C=O) groups excluding carboxylic acids is 1. The Morgan fingerprint density at radius 1 is 1.35 bits per heavy atom. The second-order valence-corrected chi connectivity index (χ2v) is 4.84. The fourth-order valence-electron chi connectivity index (χ4n) is 1.21. The average molecular weight is 282 g/mol. The molecule has 1 amide bonds. The SMILES string of the molecule is CC.CC(C)(C)OC(=O)NCCOCc1cccnc1. The highest BCUT2D eigenvalue weighted by Crippen LogP contribution is 2.06. The van der Waals surface area contributed by atoms with Gasteiger partial charge in [0.25, 0.3) is 0 Å². The summed E-state index contributed by atoms with van der Waals surface area (Å²) in [7, 11) is 0. The van der Waals surface area contributed by atoms with Crippen LogP contribution in [0.15, 0.2) is 24.5 Å². The van der Waals surface area contributed by atoms with Crippen LogP contribution in [0, 0.1) is 0 Å². The third-order valence-corrected chi connectivity index (χ3v) is 1.91. The second kappa shape index (κ2) is 10.2. The van der Waals surface area contributed by atoms with Crippen molar-refractivity contribution in [2.24, 2.45) is 0 Å². The second-order valence-electron chi connectivity index (χ2n) is 4.84. The molecule has 0 saturated carbocycles. The van der Waals surface area contributed by atoms with Crippen molar-refractivity contribution in [2.75, 3.05) is 13.2 Å². The van der Waals surface area contributed by atoms with E-state index < -0.39 is 11.7 Å². The highest BCUT2D eigenvalue weighted by Gasteiger charge is 2.15. The number of amides is 1. The smallest absolute Gasteiger partial charge is 0.407 e. The lowest BCUT2D eigenvalue weighted by Crippen LogP contribution is -2.34. The molecule has 0 atom stereocenters. The minimum absolute atomic E-state index is 0.424. The quantitative estimate of drug-likeness (QED) is 0.843. The fourth-order valence-corrected chi connectivity index (χ4v) is 1.21. The van der Waals surface area contributed by atoms with Crippen LogP contribution in [0.5, 0.6) is 0 Å². The first-order chi connectivity index (χ1) is 9.47. The molecule has 0 bridgehead atoms. The first-order valence-electron chi connectivity index (χ1n) is 6.91. The predicted octanol–water partition coefficient (Wildman–Crippen LogP) is 3.15. The molecule has 20 heavy (non-hydrogen) atoms. The third kappa shape index (κ3) is 10.3. The van der Waals surface area contributed by atoms with Crippen LogP contribution in [0.3, 0.4) is 0 Å². The van der Waals surface area contributed by atoms with Gasteiger partial charge in [0.15, 0.2) is 0 Å². The van der Waals surface area contributed by atoms with Crippen molar-refractivity contribution >= 4 is 6.09 Å². The first kappa shape index (κ1) is 18.4. The molecule has 0 aliphatic heterocycles. The molecule has 5 nitrogen and oxygen atoms in total. The molecule has 1 aromatic rings. The minimum atomic E-state index is -0.472. The van der Waals surface area contributed by atoms with Crippen molar-refractivity contribution < 1.29 is 14.3 Å². The summed E-state index contributed by atoms with van der Waals surface area (Å²) in [6.07, 6.45) is 3.04. The molecule has 1 rings (SSSR count). The molecule has 0 fully saturated rings. The Morgan fingerprint density at radius 2 is 2.05 bits per heavy atom. The minimum Gasteiger partial charge on any atom is -0.444 e. The number of rotatable bonds is 5. The van der Waals surface area contributed by atoms with Gasteiger partial charge >= 0.3 is 6.09 Å². The molecule has 1 N–H and O–H groups in total. The molecule has 1 aromatic heterocycles. The van der Waals surface area contributed by atoms with Gasteiger partial charge in [-0.1, -0.05) is 19.9 Å². The van der Waals surface area contributed by atoms with E-state index >= 15 is 0 Å². The van der Waals surface area contributed by atoms with Crippen molar-refractivity contribution in [1.82, 2.24) is 10.3 Å². The molecule has 0 saturated heterocycles. The number of alkyl carbamates (subject to hydrolysis) is 1. The zero-order valence-electron chi connectivity index (χ0n) is 13.1. The van der Waals surface area contributed by atoms with Gasteiger partial charge in [0.2, 0.25) is 0 Å². The lowest BCUT2D eigenvalue weighted by atomic mass is 10.2. The number of carbonyl (C=O) groups is 1. The van der Waals surface area contributed by atoms with E-state index in [4.69, 9.17) is 9.47 Å². The van der Waals surface area contributed by atoms with E-state index in [1.54, 1.807) is 12.4 Å². The summed E-state index contributed by atoms with van der Waals surface area (Å²) in [4.78, 5) is 15.3. The van der Waals surface area contributed by atoms with Crippen molar-refractivity contribution in [3.05, 3.63) is 30.1 Å². The predicted molar refractivity (Wildman–Crippen MR) is 79.5 cm³/mol. The molecule has 0 radical (unpaired) electrons. The standard InChI is InChI=1S/C13H20N2O3.C2H6/c1-13(2,3)18-12(16)15-7-8-17-10-11-5-4-6-14-9-11;1-2/h4-6,9H,7-8,10H2,1-3H3,(H,15,16);1-2H3. The molecule has 0 aliphatic carbocycles. The Kier molecular flexibility index (Phi) is 9.38. The van der Waals surface area contributed by atoms with E-state index in [1.165, 1.54) is 0 Å². The Balaban J connectivity index is 0.00000172. The van der Waals surface area contributed by atoms with Gasteiger partial charge in [-0.25, -0.2) is 4.79 Å². The molecule has 0 unspecified atom stereocenters. The van der Waals surface area contributed by atoms with E-state index in [0.717, 1.165) is 5.56 Å². The zero-order valence-corrected chi connectivity index (χ0v) is 13.1. The maximum Gasteiger partial charge on any atom is 0.407 e. The van der Waals surface area contributed by atoms with E-state index in [9.17, 15) is 4.79 Å². The lowest BCUT2D eigenvalue weighted by molar-refractivity contribution is 0.0494. The lowest BCUT2D eigenvalue weighted by Gasteiger charge is -2.19. The number of nitrogens with zero attached hydrogens (tertiary/aromatic N) is 1. The number of pyridine rings is 1. The largest absolute Gasteiger partial charge is 0.444 e. The molecular weight excluding hydrogens is 256 g/mol. The van der Waals surface area contributed by atoms with Crippen LogP contribution < -0.4 is 5.32 Å². The number of ether oxygens (including phenoxy) is 2. The van der Waals surface area contributed by atoms with Crippen LogP contribution in [-0.4, -0.2) is 29.8 Å². The third-order valence-electron chi connectivity index (χ3n) is 1.91. The maximum absolute atomic E-state index is 11.3. The van der Waals surface area contributed by atoms with E-state index in [2.05, 4.69) is 10.3 Å². The van der Waals surface area contributed by atoms with Gasteiger partial charge in [-0.2, -0.15) is 0 Å². The number of nitrogens with one attached hydrogen (secondary N) is 1. The molecule has 0 spiro atoms. The van der Waals surface area contributed by atoms with Crippen molar-refractivity contribution in [1.29, 1.82) is 0 Å². The molecule has 0 aliphatic rings. The number of hydrogen-bond acceptors (Lipinski definition) is 4. The topological polar surface area (TPSA) is 60.5 Å². The van der Waals surface area contributed by atoms with Gasteiger partial charge in [-0.05, 0) is 32.4 Å². The molecule has 114 valence electrons. The zero-order chi connectivity index (χ0) is 15.4. The monoisotopic (exact) mass is 282 g/mol. The summed E-state index contributed by atoms with van der Waals surface area (Å²) >= 11 is 0. The normalized spacial score (nSPS) is 10.2. The van der Waals surface area contributed by atoms with E-state index in [1.807, 2.05) is 46.8 Å². The van der Waals surface area contributed by atoms with Gasteiger partial charge in [0.05, 0.1) is 13.2 Å². The molecule has 0 aromatic carbocycles. The number of hydrogen-bond donors (Lipinski definition) is 1. The molecular formula is C15H26N2O3. The van der Waals surface area contributed by atoms with Gasteiger partial charge in [0, 0.05) is 18.9 Å². The van der Waals surface area contributed by atoms with Crippen molar-refractivity contribution in [2.45, 2.75) is 46.8 Å². The van der Waals surface area contributed by atoms with Gasteiger partial charge in [0.1, 0.15) is 5.60 Å². The Morgan fingerprint density at radius 3 is 2.60 bits per heavy atom. The van der Waals surface area contributed by atoms with Crippen LogP contribution in [0.2, 0.25) is 0 Å². The summed E-state index contributed by atoms with van der Waals surface area (Å²) in [6.45, 7) is 10.8. The van der Waals surface area contributed by atoms with E-state index in [-0.39, 0.29) is 0 Å². The van der Waals surface area contributed by atoms with Crippen LogP contribution in [-0.2, 0) is 16.1 Å². The Labute approximate surface area is 121 Å². The highest BCUT2D eigenvalue weighted by atomic mass is 16.6. The Bertz CT molecular complexity index is 361. The fraction of sp³-hybridized carbons (Fsp3) is 0.600. The highest BCUT2D eigenvalue weighted by molar-refractivity contribution is 5.67. The molecule has 1 heterocycles. The van der Waals surface area contributed by atoms with E-state index in [0.29, 0.717) is 19.8 Å². The summed E-state index contributed by atoms with van der Waals surface area (Å²) in [6, 6.07) is 3.80. The summed E-state index contributed by atoms with van der Waals surface area (Å²) < 4.78 is 10.5. The average Bonchev–Trinajstić information content (AvgIpc) is 2.40. The van der Waals surface area contributed by atoms with Crippen molar-refractivity contribution in [3.63, 3.8) is 0 Å². The van der Waals surface area contributed by atoms with Crippen LogP contribution in [0.4, 0.5) is 4.79 Å². The first-order valence-corrected chi connectivity index (χ1v) is 6.91. The van der Waals surface area contributed by atoms with Gasteiger partial charge in [-0.15, -0.1) is 0 Å². The van der Waals surface area contributed by atoms with Crippen molar-refractivity contribution in [3.8, 4) is 0 Å². The van der Waals surface area contributed by atoms with Gasteiger partial charge < -0.3 is 14.8 Å². The number of aromatic nitrogens is 1. The summed E-state index contributed by atoms with van der Waals surface area (Å²) in [5, 5.41) is 2.62. The van der Waals surface area contributed by atoms with Crippen LogP contribution in [0.25, 0.3) is 0 Å².